The van der Waals surface area contributed by atoms with Gasteiger partial charge in [-0.1, -0.05) is 198 Å². The topological polar surface area (TPSA) is 36.9 Å². The van der Waals surface area contributed by atoms with Crippen molar-refractivity contribution in [3.63, 3.8) is 0 Å². The lowest BCUT2D eigenvalue weighted by molar-refractivity contribution is 0.0459. The Labute approximate surface area is 453 Å². The van der Waals surface area contributed by atoms with Gasteiger partial charge < -0.3 is 18.9 Å². The maximum atomic E-state index is 6.16. The van der Waals surface area contributed by atoms with Gasteiger partial charge in [0.15, 0.2) is 0 Å². The number of ether oxygens (including phenoxy) is 4. The Balaban J connectivity index is 1.09. The second-order valence-corrected chi connectivity index (χ2v) is 31.1. The molecule has 0 atom stereocenters. The zero-order valence-corrected chi connectivity index (χ0v) is 50.4. The normalized spacial score (nSPS) is 20.9. The van der Waals surface area contributed by atoms with Crippen LogP contribution in [0.5, 0.6) is 0 Å². The first kappa shape index (κ1) is 59.4. The van der Waals surface area contributed by atoms with E-state index in [9.17, 15) is 0 Å². The molecule has 0 bridgehead atoms. The molecule has 376 valence electrons. The number of unbranched alkanes of at least 4 members (excludes halogenated alkanes) is 14. The van der Waals surface area contributed by atoms with Crippen molar-refractivity contribution in [3.05, 3.63) is 53.5 Å². The standard InChI is InChI=1S/C50H80O4S12/c1-5-7-9-11-13-15-17-19-37-57-45-46(58-38-20-18-16-14-12-10-8-6-2)66-50(65-45)48-61-41-27-23-31-53-35-33-51-29-21-25-39-40(26-22-30-52-34-36-54-32-24-28-42(41)62-48)60-47(59-39)49-63-43(55-3)44(56-4)64-49/h5-38H2,1-4H3. The van der Waals surface area contributed by atoms with E-state index >= 15 is 0 Å². The molecule has 0 saturated carbocycles. The fourth-order valence-electron chi connectivity index (χ4n) is 7.57. The fourth-order valence-corrected chi connectivity index (χ4v) is 25.0. The van der Waals surface area contributed by atoms with Crippen LogP contribution in [0.15, 0.2) is 53.5 Å². The quantitative estimate of drug-likeness (QED) is 0.0965. The molecule has 0 aromatic heterocycles. The van der Waals surface area contributed by atoms with Gasteiger partial charge in [-0.15, -0.1) is 47.0 Å². The summed E-state index contributed by atoms with van der Waals surface area (Å²) in [5.74, 6) is 2.50. The Morgan fingerprint density at radius 3 is 0.909 bits per heavy atom. The highest BCUT2D eigenvalue weighted by molar-refractivity contribution is 8.43. The molecule has 4 nitrogen and oxygen atoms in total. The van der Waals surface area contributed by atoms with Gasteiger partial charge >= 0.3 is 0 Å². The van der Waals surface area contributed by atoms with Crippen molar-refractivity contribution in [2.45, 2.75) is 168 Å². The first-order valence-corrected chi connectivity index (χ1v) is 36.1. The van der Waals surface area contributed by atoms with Gasteiger partial charge in [-0.05, 0) is 88.2 Å². The summed E-state index contributed by atoms with van der Waals surface area (Å²) in [7, 11) is 0. The van der Waals surface area contributed by atoms with Crippen molar-refractivity contribution < 1.29 is 18.9 Å². The summed E-state index contributed by atoms with van der Waals surface area (Å²) < 4.78 is 36.5. The van der Waals surface area contributed by atoms with Crippen LogP contribution in [0.1, 0.15) is 168 Å². The van der Waals surface area contributed by atoms with Gasteiger partial charge in [0.25, 0.3) is 0 Å². The van der Waals surface area contributed by atoms with E-state index in [0.717, 1.165) is 77.8 Å². The minimum Gasteiger partial charge on any atom is -0.379 e. The summed E-state index contributed by atoms with van der Waals surface area (Å²) >= 11 is 24.3. The Hall–Kier alpha value is 2.48. The van der Waals surface area contributed by atoms with Gasteiger partial charge in [-0.3, -0.25) is 0 Å². The zero-order chi connectivity index (χ0) is 46.3. The molecule has 5 aliphatic heterocycles. The van der Waals surface area contributed by atoms with Crippen LogP contribution >= 0.6 is 141 Å². The van der Waals surface area contributed by atoms with Crippen molar-refractivity contribution in [2.75, 3.05) is 76.9 Å². The third-order valence-corrected chi connectivity index (χ3v) is 28.8. The van der Waals surface area contributed by atoms with Crippen LogP contribution in [0.25, 0.3) is 0 Å². The molecule has 0 aliphatic carbocycles. The van der Waals surface area contributed by atoms with Crippen molar-refractivity contribution in [3.8, 4) is 0 Å². The van der Waals surface area contributed by atoms with Crippen molar-refractivity contribution >= 4 is 141 Å². The minimum absolute atomic E-state index is 0.670. The van der Waals surface area contributed by atoms with E-state index in [1.54, 1.807) is 18.3 Å². The van der Waals surface area contributed by atoms with Crippen molar-refractivity contribution in [2.24, 2.45) is 0 Å². The molecule has 0 aromatic rings. The third-order valence-electron chi connectivity index (χ3n) is 11.2. The third kappa shape index (κ3) is 23.4. The number of allylic oxidation sites excluding steroid dienone is 4. The predicted molar refractivity (Wildman–Crippen MR) is 320 cm³/mol. The van der Waals surface area contributed by atoms with E-state index in [2.05, 4.69) is 96.9 Å². The van der Waals surface area contributed by atoms with Gasteiger partial charge in [-0.25, -0.2) is 0 Å². The van der Waals surface area contributed by atoms with E-state index in [0.29, 0.717) is 26.4 Å². The molecule has 0 aromatic carbocycles. The van der Waals surface area contributed by atoms with Gasteiger partial charge in [0.2, 0.25) is 0 Å². The first-order valence-electron chi connectivity index (χ1n) is 25.1. The van der Waals surface area contributed by atoms with E-state index in [1.807, 2.05) is 70.6 Å². The molecular weight excluding hydrogens is 1050 g/mol. The lowest BCUT2D eigenvalue weighted by Crippen LogP contribution is -2.07. The monoisotopic (exact) mass is 1130 g/mol. The smallest absolute Gasteiger partial charge is 0.0717 e. The highest BCUT2D eigenvalue weighted by Gasteiger charge is 2.31. The van der Waals surface area contributed by atoms with Gasteiger partial charge in [-0.2, -0.15) is 0 Å². The number of hydrogen-bond donors (Lipinski definition) is 0. The Morgan fingerprint density at radius 2 is 0.606 bits per heavy atom. The Kier molecular flexibility index (Phi) is 34.3. The van der Waals surface area contributed by atoms with E-state index < -0.39 is 0 Å². The highest BCUT2D eigenvalue weighted by Crippen LogP contribution is 2.65. The van der Waals surface area contributed by atoms with Gasteiger partial charge in [0, 0.05) is 46.0 Å². The highest BCUT2D eigenvalue weighted by atomic mass is 32.3. The average molecular weight is 1130 g/mol. The molecule has 5 rings (SSSR count). The summed E-state index contributed by atoms with van der Waals surface area (Å²) in [6.45, 7) is 10.4. The molecule has 0 fully saturated rings. The summed E-state index contributed by atoms with van der Waals surface area (Å²) in [6.07, 6.45) is 35.1. The number of hydrogen-bond acceptors (Lipinski definition) is 16. The maximum absolute atomic E-state index is 6.16. The van der Waals surface area contributed by atoms with Crippen LogP contribution in [0.4, 0.5) is 0 Å². The lowest BCUT2D eigenvalue weighted by atomic mass is 10.1. The van der Waals surface area contributed by atoms with Crippen molar-refractivity contribution in [1.29, 1.82) is 0 Å². The molecule has 0 N–H and O–H groups in total. The van der Waals surface area contributed by atoms with Crippen LogP contribution < -0.4 is 0 Å². The second kappa shape index (κ2) is 38.1. The van der Waals surface area contributed by atoms with Crippen molar-refractivity contribution in [1.82, 2.24) is 0 Å². The molecular formula is C50H80O4S12. The van der Waals surface area contributed by atoms with Gasteiger partial charge in [0.05, 0.1) is 60.3 Å². The Morgan fingerprint density at radius 1 is 0.333 bits per heavy atom. The summed E-state index contributed by atoms with van der Waals surface area (Å²) in [6, 6.07) is 0. The molecule has 0 saturated heterocycles. The minimum atomic E-state index is 0.670. The average Bonchev–Trinajstić information content (AvgIpc) is 4.14. The van der Waals surface area contributed by atoms with Crippen LogP contribution in [0.3, 0.4) is 0 Å². The van der Waals surface area contributed by atoms with E-state index in [1.165, 1.54) is 149 Å². The van der Waals surface area contributed by atoms with Gasteiger partial charge in [0.1, 0.15) is 0 Å². The summed E-state index contributed by atoms with van der Waals surface area (Å²) in [5.41, 5.74) is 0. The van der Waals surface area contributed by atoms with Crippen LogP contribution in [0.2, 0.25) is 0 Å². The van der Waals surface area contributed by atoms with E-state index in [-0.39, 0.29) is 0 Å². The molecule has 0 unspecified atom stereocenters. The van der Waals surface area contributed by atoms with Crippen LogP contribution in [-0.2, 0) is 18.9 Å². The largest absolute Gasteiger partial charge is 0.379 e. The van der Waals surface area contributed by atoms with Crippen LogP contribution in [-0.4, -0.2) is 76.9 Å². The molecule has 0 amide bonds. The molecule has 5 heterocycles. The number of rotatable bonds is 22. The SMILES string of the molecule is CCCCCCCCCCSC1=C(SCCCCCCCCCC)SC(=C2SC3=C(CCCOCCOCCCC4=C(CCCOCCOCCC3)SC(=C3SC(SC)=C(SC)S3)S4)S2)S1. The molecule has 0 radical (unpaired) electrons. The summed E-state index contributed by atoms with van der Waals surface area (Å²) in [4.78, 5) is 6.17. The van der Waals surface area contributed by atoms with E-state index in [4.69, 9.17) is 18.9 Å². The Bertz CT molecular complexity index is 1500. The molecule has 66 heavy (non-hydrogen) atoms. The second-order valence-electron chi connectivity index (χ2n) is 16.7. The lowest BCUT2D eigenvalue weighted by Gasteiger charge is -2.09. The molecule has 5 aliphatic rings. The predicted octanol–water partition coefficient (Wildman–Crippen LogP) is 20.5. The number of thioether (sulfide) groups is 12. The first-order chi connectivity index (χ1) is 32.6. The van der Waals surface area contributed by atoms with Crippen LogP contribution in [0, 0.1) is 0 Å². The fraction of sp³-hybridized carbons (Fsp3) is 0.760. The molecule has 0 spiro atoms. The molecule has 16 heteroatoms. The maximum Gasteiger partial charge on any atom is 0.0717 e. The zero-order valence-electron chi connectivity index (χ0n) is 40.6. The summed E-state index contributed by atoms with van der Waals surface area (Å²) in [5, 5.41) is 0.